The summed E-state index contributed by atoms with van der Waals surface area (Å²) in [5.41, 5.74) is 3.79. The topological polar surface area (TPSA) is 59.6 Å². The van der Waals surface area contributed by atoms with Crippen LogP contribution >= 0.6 is 0 Å². The number of anilines is 2. The molecular formula is C23H32N2O3. The number of ether oxygens (including phenoxy) is 2. The Kier molecular flexibility index (Phi) is 8.18. The van der Waals surface area contributed by atoms with Crippen LogP contribution in [0.4, 0.5) is 11.4 Å². The summed E-state index contributed by atoms with van der Waals surface area (Å²) in [6, 6.07) is 11.3. The summed E-state index contributed by atoms with van der Waals surface area (Å²) in [7, 11) is 0. The normalized spacial score (nSPS) is 11.6. The van der Waals surface area contributed by atoms with Gasteiger partial charge in [0.2, 0.25) is 5.91 Å². The molecule has 1 atom stereocenters. The smallest absolute Gasteiger partial charge is 0.246 e. The zero-order valence-corrected chi connectivity index (χ0v) is 17.6. The fourth-order valence-corrected chi connectivity index (χ4v) is 2.81. The first kappa shape index (κ1) is 21.6. The van der Waals surface area contributed by atoms with Crippen molar-refractivity contribution in [2.45, 2.75) is 53.5 Å². The Hall–Kier alpha value is -2.69. The predicted molar refractivity (Wildman–Crippen MR) is 116 cm³/mol. The SMILES string of the molecule is CCCOc1ccc(NC(C)C(=O)Nc2c(C)cccc2C)cc1OCCC. The Morgan fingerprint density at radius 3 is 2.18 bits per heavy atom. The van der Waals surface area contributed by atoms with E-state index in [0.717, 1.165) is 41.1 Å². The van der Waals surface area contributed by atoms with Gasteiger partial charge in [0.25, 0.3) is 0 Å². The highest BCUT2D eigenvalue weighted by Crippen LogP contribution is 2.31. The molecule has 2 aromatic carbocycles. The van der Waals surface area contributed by atoms with Gasteiger partial charge in [-0.2, -0.15) is 0 Å². The molecule has 2 N–H and O–H groups in total. The van der Waals surface area contributed by atoms with Gasteiger partial charge in [0.05, 0.1) is 13.2 Å². The van der Waals surface area contributed by atoms with Gasteiger partial charge < -0.3 is 20.1 Å². The van der Waals surface area contributed by atoms with Gasteiger partial charge in [-0.1, -0.05) is 32.0 Å². The highest BCUT2D eigenvalue weighted by Gasteiger charge is 2.16. The van der Waals surface area contributed by atoms with Crippen molar-refractivity contribution in [3.63, 3.8) is 0 Å². The molecule has 0 saturated heterocycles. The summed E-state index contributed by atoms with van der Waals surface area (Å²) in [6.45, 7) is 11.2. The lowest BCUT2D eigenvalue weighted by Crippen LogP contribution is -2.32. The Balaban J connectivity index is 2.09. The molecule has 0 aliphatic carbocycles. The zero-order chi connectivity index (χ0) is 20.5. The molecule has 0 spiro atoms. The third-order valence-corrected chi connectivity index (χ3v) is 4.37. The van der Waals surface area contributed by atoms with Gasteiger partial charge in [0.15, 0.2) is 11.5 Å². The van der Waals surface area contributed by atoms with Gasteiger partial charge in [0.1, 0.15) is 6.04 Å². The fourth-order valence-electron chi connectivity index (χ4n) is 2.81. The van der Waals surface area contributed by atoms with Gasteiger partial charge in [-0.25, -0.2) is 0 Å². The van der Waals surface area contributed by atoms with Crippen LogP contribution in [-0.2, 0) is 4.79 Å². The van der Waals surface area contributed by atoms with Gasteiger partial charge in [0, 0.05) is 17.4 Å². The second-order valence-corrected chi connectivity index (χ2v) is 6.98. The van der Waals surface area contributed by atoms with E-state index < -0.39 is 6.04 Å². The lowest BCUT2D eigenvalue weighted by molar-refractivity contribution is -0.116. The molecule has 0 aliphatic heterocycles. The second kappa shape index (κ2) is 10.6. The molecule has 0 heterocycles. The molecule has 28 heavy (non-hydrogen) atoms. The van der Waals surface area contributed by atoms with E-state index >= 15 is 0 Å². The van der Waals surface area contributed by atoms with E-state index in [1.165, 1.54) is 0 Å². The van der Waals surface area contributed by atoms with Gasteiger partial charge in [-0.3, -0.25) is 4.79 Å². The van der Waals surface area contributed by atoms with Crippen LogP contribution in [0.5, 0.6) is 11.5 Å². The number of para-hydroxylation sites is 1. The van der Waals surface area contributed by atoms with Crippen molar-refractivity contribution in [3.8, 4) is 11.5 Å². The highest BCUT2D eigenvalue weighted by molar-refractivity contribution is 5.97. The largest absolute Gasteiger partial charge is 0.490 e. The Labute approximate surface area is 168 Å². The van der Waals surface area contributed by atoms with Crippen molar-refractivity contribution in [2.75, 3.05) is 23.8 Å². The number of nitrogens with one attached hydrogen (secondary N) is 2. The molecule has 2 aromatic rings. The van der Waals surface area contributed by atoms with Crippen molar-refractivity contribution in [3.05, 3.63) is 47.5 Å². The molecule has 1 unspecified atom stereocenters. The third kappa shape index (κ3) is 5.91. The summed E-state index contributed by atoms with van der Waals surface area (Å²) in [6.07, 6.45) is 1.85. The Morgan fingerprint density at radius 2 is 1.57 bits per heavy atom. The maximum absolute atomic E-state index is 12.7. The summed E-state index contributed by atoms with van der Waals surface area (Å²) < 4.78 is 11.6. The monoisotopic (exact) mass is 384 g/mol. The predicted octanol–water partition coefficient (Wildman–Crippen LogP) is 5.32. The van der Waals surface area contributed by atoms with Crippen LogP contribution in [0.25, 0.3) is 0 Å². The number of aryl methyl sites for hydroxylation is 2. The quantitative estimate of drug-likeness (QED) is 0.582. The molecule has 152 valence electrons. The van der Waals surface area contributed by atoms with E-state index in [1.54, 1.807) is 0 Å². The first-order chi connectivity index (χ1) is 13.5. The van der Waals surface area contributed by atoms with Crippen LogP contribution < -0.4 is 20.1 Å². The third-order valence-electron chi connectivity index (χ3n) is 4.37. The number of rotatable bonds is 10. The van der Waals surface area contributed by atoms with Gasteiger partial charge in [-0.15, -0.1) is 0 Å². The van der Waals surface area contributed by atoms with Gasteiger partial charge >= 0.3 is 0 Å². The van der Waals surface area contributed by atoms with Crippen molar-refractivity contribution in [2.24, 2.45) is 0 Å². The number of hydrogen-bond donors (Lipinski definition) is 2. The molecule has 0 radical (unpaired) electrons. The fraction of sp³-hybridized carbons (Fsp3) is 0.435. The lowest BCUT2D eigenvalue weighted by Gasteiger charge is -2.19. The van der Waals surface area contributed by atoms with Gasteiger partial charge in [-0.05, 0) is 56.9 Å². The zero-order valence-electron chi connectivity index (χ0n) is 17.6. The minimum absolute atomic E-state index is 0.0836. The number of carbonyl (C=O) groups excluding carboxylic acids is 1. The molecule has 0 fully saturated rings. The Bertz CT molecular complexity index is 769. The lowest BCUT2D eigenvalue weighted by atomic mass is 10.1. The second-order valence-electron chi connectivity index (χ2n) is 6.98. The van der Waals surface area contributed by atoms with Crippen molar-refractivity contribution in [1.82, 2.24) is 0 Å². The van der Waals surface area contributed by atoms with Crippen molar-refractivity contribution >= 4 is 17.3 Å². The number of carbonyl (C=O) groups is 1. The van der Waals surface area contributed by atoms with E-state index in [0.29, 0.717) is 19.0 Å². The molecule has 0 bridgehead atoms. The minimum Gasteiger partial charge on any atom is -0.490 e. The molecule has 0 aliphatic rings. The van der Waals surface area contributed by atoms with Crippen LogP contribution in [0.2, 0.25) is 0 Å². The van der Waals surface area contributed by atoms with Crippen LogP contribution in [-0.4, -0.2) is 25.2 Å². The number of amides is 1. The number of hydrogen-bond acceptors (Lipinski definition) is 4. The van der Waals surface area contributed by atoms with Crippen LogP contribution in [0.15, 0.2) is 36.4 Å². The van der Waals surface area contributed by atoms with Crippen molar-refractivity contribution in [1.29, 1.82) is 0 Å². The summed E-state index contributed by atoms with van der Waals surface area (Å²) in [5, 5.41) is 6.28. The average Bonchev–Trinajstić information content (AvgIpc) is 2.68. The molecule has 5 nitrogen and oxygen atoms in total. The van der Waals surface area contributed by atoms with Crippen LogP contribution in [0.1, 0.15) is 44.7 Å². The molecule has 2 rings (SSSR count). The molecule has 0 aromatic heterocycles. The first-order valence-corrected chi connectivity index (χ1v) is 9.99. The summed E-state index contributed by atoms with van der Waals surface area (Å²) in [5.74, 6) is 1.34. The minimum atomic E-state index is -0.402. The molecular weight excluding hydrogens is 352 g/mol. The Morgan fingerprint density at radius 1 is 0.964 bits per heavy atom. The van der Waals surface area contributed by atoms with Crippen LogP contribution in [0, 0.1) is 13.8 Å². The highest BCUT2D eigenvalue weighted by atomic mass is 16.5. The maximum Gasteiger partial charge on any atom is 0.246 e. The molecule has 1 amide bonds. The van der Waals surface area contributed by atoms with Crippen LogP contribution in [0.3, 0.4) is 0 Å². The van der Waals surface area contributed by atoms with E-state index in [4.69, 9.17) is 9.47 Å². The maximum atomic E-state index is 12.7. The molecule has 0 saturated carbocycles. The average molecular weight is 385 g/mol. The standard InChI is InChI=1S/C23H32N2O3/c1-6-13-27-20-12-11-19(15-21(20)28-14-7-2)24-18(5)23(26)25-22-16(3)9-8-10-17(22)4/h8-12,15,18,24H,6-7,13-14H2,1-5H3,(H,25,26). The van der Waals surface area contributed by atoms with E-state index in [-0.39, 0.29) is 5.91 Å². The number of benzene rings is 2. The van der Waals surface area contributed by atoms with E-state index in [1.807, 2.05) is 57.2 Å². The first-order valence-electron chi connectivity index (χ1n) is 9.99. The van der Waals surface area contributed by atoms with E-state index in [9.17, 15) is 4.79 Å². The summed E-state index contributed by atoms with van der Waals surface area (Å²) in [4.78, 5) is 12.7. The van der Waals surface area contributed by atoms with Crippen molar-refractivity contribution < 1.29 is 14.3 Å². The summed E-state index contributed by atoms with van der Waals surface area (Å²) >= 11 is 0. The van der Waals surface area contributed by atoms with E-state index in [2.05, 4.69) is 24.5 Å². The molecule has 5 heteroatoms.